The molecule has 0 N–H and O–H groups in total. The van der Waals surface area contributed by atoms with E-state index in [0.29, 0.717) is 10.0 Å². The molecule has 0 heterocycles. The van der Waals surface area contributed by atoms with Crippen molar-refractivity contribution in [1.82, 2.24) is 0 Å². The fourth-order valence-corrected chi connectivity index (χ4v) is 2.40. The molecule has 0 radical (unpaired) electrons. The van der Waals surface area contributed by atoms with Crippen LogP contribution in [0.1, 0.15) is 31.7 Å². The van der Waals surface area contributed by atoms with E-state index in [2.05, 4.69) is 25.1 Å². The van der Waals surface area contributed by atoms with Crippen molar-refractivity contribution >= 4 is 23.2 Å². The molecule has 0 saturated heterocycles. The van der Waals surface area contributed by atoms with Gasteiger partial charge in [0.1, 0.15) is 0 Å². The Balaban J connectivity index is 2.40. The molecule has 0 saturated carbocycles. The molecule has 15 heavy (non-hydrogen) atoms. The van der Waals surface area contributed by atoms with Gasteiger partial charge in [0.25, 0.3) is 0 Å². The molecule has 0 aromatic heterocycles. The van der Waals surface area contributed by atoms with Gasteiger partial charge in [-0.3, -0.25) is 0 Å². The van der Waals surface area contributed by atoms with Gasteiger partial charge in [-0.1, -0.05) is 48.3 Å². The van der Waals surface area contributed by atoms with Crippen molar-refractivity contribution in [2.45, 2.75) is 31.6 Å². The molecule has 1 atom stereocenters. The van der Waals surface area contributed by atoms with Gasteiger partial charge in [-0.25, -0.2) is 0 Å². The van der Waals surface area contributed by atoms with Crippen LogP contribution in [0.3, 0.4) is 0 Å². The van der Waals surface area contributed by atoms with Crippen molar-refractivity contribution in [2.75, 3.05) is 0 Å². The van der Waals surface area contributed by atoms with Gasteiger partial charge in [0.05, 0.1) is 10.0 Å². The summed E-state index contributed by atoms with van der Waals surface area (Å²) in [5.41, 5.74) is 1.39. The minimum Gasteiger partial charge on any atom is -0.0877 e. The van der Waals surface area contributed by atoms with E-state index in [0.717, 1.165) is 0 Å². The summed E-state index contributed by atoms with van der Waals surface area (Å²) in [4.78, 5) is 0. The zero-order valence-electron chi connectivity index (χ0n) is 8.76. The van der Waals surface area contributed by atoms with Crippen molar-refractivity contribution in [3.05, 3.63) is 46.0 Å². The monoisotopic (exact) mass is 240 g/mol. The van der Waals surface area contributed by atoms with Crippen molar-refractivity contribution in [3.63, 3.8) is 0 Å². The van der Waals surface area contributed by atoms with E-state index in [4.69, 9.17) is 23.2 Å². The maximum atomic E-state index is 6.04. The van der Waals surface area contributed by atoms with E-state index in [1.807, 2.05) is 12.1 Å². The normalized spacial score (nSPS) is 25.5. The van der Waals surface area contributed by atoms with Crippen LogP contribution in [-0.2, 0) is 5.41 Å². The summed E-state index contributed by atoms with van der Waals surface area (Å²) in [5, 5.41) is 1.28. The van der Waals surface area contributed by atoms with Crippen LogP contribution in [0.15, 0.2) is 30.4 Å². The molecule has 0 nitrogen and oxygen atoms in total. The minimum absolute atomic E-state index is 0.131. The number of hydrogen-bond acceptors (Lipinski definition) is 0. The Morgan fingerprint density at radius 2 is 2.00 bits per heavy atom. The zero-order chi connectivity index (χ0) is 10.9. The molecule has 1 aliphatic rings. The smallest absolute Gasteiger partial charge is 0.0595 e. The summed E-state index contributed by atoms with van der Waals surface area (Å²) < 4.78 is 0. The Morgan fingerprint density at radius 3 is 2.60 bits per heavy atom. The van der Waals surface area contributed by atoms with Crippen LogP contribution in [-0.4, -0.2) is 0 Å². The van der Waals surface area contributed by atoms with E-state index in [-0.39, 0.29) is 5.41 Å². The first kappa shape index (κ1) is 11.0. The fraction of sp³-hybridized carbons (Fsp3) is 0.385. The lowest BCUT2D eigenvalue weighted by Crippen LogP contribution is -2.20. The SMILES string of the molecule is CC1(c2ccc(Cl)c(Cl)c2)C=CCCC1. The van der Waals surface area contributed by atoms with E-state index in [1.165, 1.54) is 24.8 Å². The van der Waals surface area contributed by atoms with E-state index < -0.39 is 0 Å². The lowest BCUT2D eigenvalue weighted by Gasteiger charge is -2.29. The molecule has 1 aromatic rings. The third-order valence-corrected chi connectivity index (χ3v) is 3.87. The Hall–Kier alpha value is -0.460. The van der Waals surface area contributed by atoms with Gasteiger partial charge in [0, 0.05) is 5.41 Å². The Labute approximate surface area is 101 Å². The van der Waals surface area contributed by atoms with Gasteiger partial charge >= 0.3 is 0 Å². The predicted molar refractivity (Wildman–Crippen MR) is 66.8 cm³/mol. The molecule has 80 valence electrons. The van der Waals surface area contributed by atoms with Gasteiger partial charge in [0.15, 0.2) is 0 Å². The highest BCUT2D eigenvalue weighted by Crippen LogP contribution is 2.36. The summed E-state index contributed by atoms with van der Waals surface area (Å²) in [7, 11) is 0. The molecule has 0 aliphatic heterocycles. The number of halogens is 2. The van der Waals surface area contributed by atoms with Crippen molar-refractivity contribution in [1.29, 1.82) is 0 Å². The zero-order valence-corrected chi connectivity index (χ0v) is 10.3. The third kappa shape index (κ3) is 2.21. The van der Waals surface area contributed by atoms with Crippen LogP contribution < -0.4 is 0 Å². The van der Waals surface area contributed by atoms with Gasteiger partial charge in [-0.2, -0.15) is 0 Å². The second-order valence-electron chi connectivity index (χ2n) is 4.34. The summed E-state index contributed by atoms with van der Waals surface area (Å²) >= 11 is 12.0. The summed E-state index contributed by atoms with van der Waals surface area (Å²) in [5.74, 6) is 0. The van der Waals surface area contributed by atoms with Crippen molar-refractivity contribution in [3.8, 4) is 0 Å². The number of rotatable bonds is 1. The standard InChI is InChI=1S/C13H14Cl2/c1-13(7-3-2-4-8-13)10-5-6-11(14)12(15)9-10/h3,5-7,9H,2,4,8H2,1H3. The van der Waals surface area contributed by atoms with E-state index in [9.17, 15) is 0 Å². The maximum absolute atomic E-state index is 6.04. The summed E-state index contributed by atoms with van der Waals surface area (Å²) in [6.07, 6.45) is 8.16. The first-order valence-electron chi connectivity index (χ1n) is 5.25. The van der Waals surface area contributed by atoms with Crippen molar-refractivity contribution in [2.24, 2.45) is 0 Å². The van der Waals surface area contributed by atoms with Crippen LogP contribution in [0.5, 0.6) is 0 Å². The lowest BCUT2D eigenvalue weighted by molar-refractivity contribution is 0.496. The minimum atomic E-state index is 0.131. The topological polar surface area (TPSA) is 0 Å². The van der Waals surface area contributed by atoms with E-state index in [1.54, 1.807) is 0 Å². The highest BCUT2D eigenvalue weighted by Gasteiger charge is 2.25. The first-order chi connectivity index (χ1) is 7.12. The maximum Gasteiger partial charge on any atom is 0.0595 e. The molecular formula is C13H14Cl2. The number of allylic oxidation sites excluding steroid dienone is 2. The Bertz CT molecular complexity index is 396. The molecule has 0 bridgehead atoms. The van der Waals surface area contributed by atoms with Crippen LogP contribution in [0.25, 0.3) is 0 Å². The van der Waals surface area contributed by atoms with Crippen LogP contribution in [0.4, 0.5) is 0 Å². The van der Waals surface area contributed by atoms with Crippen molar-refractivity contribution < 1.29 is 0 Å². The molecule has 2 rings (SSSR count). The molecule has 1 unspecified atom stereocenters. The molecule has 0 fully saturated rings. The molecular weight excluding hydrogens is 227 g/mol. The van der Waals surface area contributed by atoms with Gasteiger partial charge < -0.3 is 0 Å². The quantitative estimate of drug-likeness (QED) is 0.607. The van der Waals surface area contributed by atoms with Crippen LogP contribution in [0.2, 0.25) is 10.0 Å². The summed E-state index contributed by atoms with van der Waals surface area (Å²) in [6.45, 7) is 2.25. The Morgan fingerprint density at radius 1 is 1.20 bits per heavy atom. The largest absolute Gasteiger partial charge is 0.0877 e. The second kappa shape index (κ2) is 4.19. The highest BCUT2D eigenvalue weighted by atomic mass is 35.5. The van der Waals surface area contributed by atoms with Crippen LogP contribution in [0, 0.1) is 0 Å². The average Bonchev–Trinajstić information content (AvgIpc) is 2.23. The molecule has 2 heteroatoms. The predicted octanol–water partition coefficient (Wildman–Crippen LogP) is 4.99. The molecule has 1 aliphatic carbocycles. The number of benzene rings is 1. The summed E-state index contributed by atoms with van der Waals surface area (Å²) in [6, 6.07) is 5.94. The van der Waals surface area contributed by atoms with Gasteiger partial charge in [0.2, 0.25) is 0 Å². The Kier molecular flexibility index (Phi) is 3.08. The highest BCUT2D eigenvalue weighted by molar-refractivity contribution is 6.42. The molecule has 0 amide bonds. The fourth-order valence-electron chi connectivity index (χ4n) is 2.11. The number of hydrogen-bond donors (Lipinski definition) is 0. The second-order valence-corrected chi connectivity index (χ2v) is 5.16. The molecule has 1 aromatic carbocycles. The van der Waals surface area contributed by atoms with Crippen LogP contribution >= 0.6 is 23.2 Å². The van der Waals surface area contributed by atoms with E-state index >= 15 is 0 Å². The van der Waals surface area contributed by atoms with Gasteiger partial charge in [-0.15, -0.1) is 0 Å². The molecule has 0 spiro atoms. The third-order valence-electron chi connectivity index (χ3n) is 3.13. The average molecular weight is 241 g/mol. The first-order valence-corrected chi connectivity index (χ1v) is 6.01. The lowest BCUT2D eigenvalue weighted by atomic mass is 9.75. The van der Waals surface area contributed by atoms with Gasteiger partial charge in [-0.05, 0) is 37.0 Å².